The third-order valence-corrected chi connectivity index (χ3v) is 5.71. The number of rotatable bonds is 2. The highest BCUT2D eigenvalue weighted by atomic mass is 35.5. The minimum Gasteiger partial charge on any atom is -0.490 e. The van der Waals surface area contributed by atoms with Crippen LogP contribution in [0.25, 0.3) is 10.9 Å². The van der Waals surface area contributed by atoms with E-state index in [1.807, 2.05) is 23.9 Å². The molecule has 1 aliphatic heterocycles. The topological polar surface area (TPSA) is 56.3 Å². The van der Waals surface area contributed by atoms with Crippen LogP contribution < -0.4 is 14.8 Å². The van der Waals surface area contributed by atoms with E-state index in [-0.39, 0.29) is 5.02 Å². The van der Waals surface area contributed by atoms with Gasteiger partial charge in [-0.05, 0) is 48.6 Å². The first kappa shape index (κ1) is 19.1. The third-order valence-electron chi connectivity index (χ3n) is 4.26. The first-order chi connectivity index (χ1) is 13.7. The number of hydrogen-bond donors (Lipinski definition) is 1. The van der Waals surface area contributed by atoms with Crippen molar-refractivity contribution >= 4 is 45.8 Å². The van der Waals surface area contributed by atoms with E-state index in [0.29, 0.717) is 36.2 Å². The second kappa shape index (κ2) is 8.84. The van der Waals surface area contributed by atoms with Crippen molar-refractivity contribution in [3.8, 4) is 11.5 Å². The summed E-state index contributed by atoms with van der Waals surface area (Å²) in [6.07, 6.45) is 3.45. The molecule has 146 valence electrons. The third kappa shape index (κ3) is 4.42. The minimum atomic E-state index is -0.465. The van der Waals surface area contributed by atoms with Gasteiger partial charge in [0.25, 0.3) is 0 Å². The Hall–Kier alpha value is -2.25. The lowest BCUT2D eigenvalue weighted by molar-refractivity contribution is 0.271. The molecule has 4 rings (SSSR count). The number of ether oxygens (including phenoxy) is 2. The van der Waals surface area contributed by atoms with Gasteiger partial charge in [-0.25, -0.2) is 14.4 Å². The summed E-state index contributed by atoms with van der Waals surface area (Å²) in [5, 5.41) is 4.01. The maximum absolute atomic E-state index is 13.4. The van der Waals surface area contributed by atoms with Crippen molar-refractivity contribution < 1.29 is 13.9 Å². The summed E-state index contributed by atoms with van der Waals surface area (Å²) in [6.45, 7) is 1.26. The normalized spacial score (nSPS) is 15.1. The predicted molar refractivity (Wildman–Crippen MR) is 112 cm³/mol. The quantitative estimate of drug-likeness (QED) is 0.596. The second-order valence-electron chi connectivity index (χ2n) is 6.31. The van der Waals surface area contributed by atoms with Gasteiger partial charge >= 0.3 is 0 Å². The van der Waals surface area contributed by atoms with E-state index in [1.165, 1.54) is 18.5 Å². The summed E-state index contributed by atoms with van der Waals surface area (Å²) in [7, 11) is 0. The lowest BCUT2D eigenvalue weighted by Crippen LogP contribution is -2.03. The molecule has 2 heterocycles. The Morgan fingerprint density at radius 2 is 1.75 bits per heavy atom. The van der Waals surface area contributed by atoms with Crippen LogP contribution in [0.5, 0.6) is 11.5 Å². The molecule has 5 nitrogen and oxygen atoms in total. The van der Waals surface area contributed by atoms with Gasteiger partial charge in [-0.2, -0.15) is 11.8 Å². The van der Waals surface area contributed by atoms with E-state index < -0.39 is 5.82 Å². The molecule has 0 spiro atoms. The summed E-state index contributed by atoms with van der Waals surface area (Å²) in [4.78, 5) is 8.70. The zero-order chi connectivity index (χ0) is 19.3. The van der Waals surface area contributed by atoms with Crippen molar-refractivity contribution in [1.29, 1.82) is 0 Å². The summed E-state index contributed by atoms with van der Waals surface area (Å²) in [5.74, 6) is 3.64. The molecule has 0 fully saturated rings. The van der Waals surface area contributed by atoms with E-state index in [1.54, 1.807) is 6.07 Å². The average Bonchev–Trinajstić information content (AvgIpc) is 2.74. The number of fused-ring (bicyclic) bond motifs is 2. The van der Waals surface area contributed by atoms with Gasteiger partial charge in [-0.15, -0.1) is 0 Å². The molecule has 0 saturated carbocycles. The molecular weight excluding hydrogens is 401 g/mol. The maximum Gasteiger partial charge on any atom is 0.163 e. The van der Waals surface area contributed by atoms with E-state index in [2.05, 4.69) is 15.3 Å². The van der Waals surface area contributed by atoms with Gasteiger partial charge in [-0.1, -0.05) is 11.6 Å². The average molecular weight is 420 g/mol. The Bertz CT molecular complexity index is 989. The van der Waals surface area contributed by atoms with Gasteiger partial charge < -0.3 is 14.8 Å². The van der Waals surface area contributed by atoms with Crippen LogP contribution in [0.2, 0.25) is 5.02 Å². The monoisotopic (exact) mass is 419 g/mol. The van der Waals surface area contributed by atoms with Crippen molar-refractivity contribution in [2.75, 3.05) is 30.0 Å². The zero-order valence-corrected chi connectivity index (χ0v) is 16.7. The lowest BCUT2D eigenvalue weighted by atomic mass is 10.2. The smallest absolute Gasteiger partial charge is 0.163 e. The number of aromatic nitrogens is 2. The fraction of sp³-hybridized carbons (Fsp3) is 0.300. The molecular formula is C20H19ClFN3O2S. The van der Waals surface area contributed by atoms with E-state index in [9.17, 15) is 4.39 Å². The molecule has 2 aromatic carbocycles. The van der Waals surface area contributed by atoms with E-state index >= 15 is 0 Å². The fourth-order valence-electron chi connectivity index (χ4n) is 2.89. The number of anilines is 2. The molecule has 3 aromatic rings. The van der Waals surface area contributed by atoms with Crippen LogP contribution in [0.15, 0.2) is 36.7 Å². The Morgan fingerprint density at radius 1 is 1.00 bits per heavy atom. The molecule has 0 amide bonds. The summed E-state index contributed by atoms with van der Waals surface area (Å²) >= 11 is 7.80. The van der Waals surface area contributed by atoms with Crippen LogP contribution in [-0.4, -0.2) is 34.7 Å². The van der Waals surface area contributed by atoms with E-state index in [4.69, 9.17) is 21.1 Å². The van der Waals surface area contributed by atoms with Crippen LogP contribution in [-0.2, 0) is 0 Å². The Balaban J connectivity index is 1.69. The van der Waals surface area contributed by atoms with Crippen molar-refractivity contribution in [2.45, 2.75) is 12.8 Å². The molecule has 1 aromatic heterocycles. The highest BCUT2D eigenvalue weighted by molar-refractivity contribution is 7.99. The predicted octanol–water partition coefficient (Wildman–Crippen LogP) is 5.45. The number of hydrogen-bond acceptors (Lipinski definition) is 6. The second-order valence-corrected chi connectivity index (χ2v) is 7.94. The van der Waals surface area contributed by atoms with Gasteiger partial charge in [0, 0.05) is 17.1 Å². The first-order valence-electron chi connectivity index (χ1n) is 9.05. The van der Waals surface area contributed by atoms with E-state index in [0.717, 1.165) is 35.3 Å². The van der Waals surface area contributed by atoms with Crippen molar-refractivity contribution in [1.82, 2.24) is 9.97 Å². The Kier molecular flexibility index (Phi) is 6.02. The molecule has 0 aliphatic carbocycles. The number of benzene rings is 2. The minimum absolute atomic E-state index is 0.0476. The summed E-state index contributed by atoms with van der Waals surface area (Å²) in [6, 6.07) is 8.21. The Morgan fingerprint density at radius 3 is 2.50 bits per heavy atom. The number of halogens is 2. The van der Waals surface area contributed by atoms with Crippen LogP contribution in [0, 0.1) is 5.82 Å². The van der Waals surface area contributed by atoms with Crippen molar-refractivity contribution in [3.63, 3.8) is 0 Å². The van der Waals surface area contributed by atoms with Gasteiger partial charge in [0.15, 0.2) is 11.5 Å². The molecule has 0 unspecified atom stereocenters. The fourth-order valence-corrected chi connectivity index (χ4v) is 3.92. The lowest BCUT2D eigenvalue weighted by Gasteiger charge is -2.15. The number of nitrogens with one attached hydrogen (secondary N) is 1. The SMILES string of the molecule is Fc1ccc(Nc2ncnc3cc4c(cc23)OCCCSCCCO4)cc1Cl. The molecule has 28 heavy (non-hydrogen) atoms. The summed E-state index contributed by atoms with van der Waals surface area (Å²) in [5.41, 5.74) is 1.37. The van der Waals surface area contributed by atoms with Gasteiger partial charge in [0.05, 0.1) is 23.8 Å². The first-order valence-corrected chi connectivity index (χ1v) is 10.6. The maximum atomic E-state index is 13.4. The summed E-state index contributed by atoms with van der Waals surface area (Å²) < 4.78 is 25.3. The molecule has 0 bridgehead atoms. The van der Waals surface area contributed by atoms with Crippen LogP contribution in [0.3, 0.4) is 0 Å². The molecule has 8 heteroatoms. The molecule has 1 N–H and O–H groups in total. The number of nitrogens with zero attached hydrogens (tertiary/aromatic N) is 2. The highest BCUT2D eigenvalue weighted by Gasteiger charge is 2.14. The molecule has 0 radical (unpaired) electrons. The molecule has 0 atom stereocenters. The van der Waals surface area contributed by atoms with Crippen molar-refractivity contribution in [2.24, 2.45) is 0 Å². The highest BCUT2D eigenvalue weighted by Crippen LogP contribution is 2.35. The Labute approximate surface area is 171 Å². The molecule has 1 aliphatic rings. The van der Waals surface area contributed by atoms with Crippen LogP contribution >= 0.6 is 23.4 Å². The van der Waals surface area contributed by atoms with Crippen LogP contribution in [0.1, 0.15) is 12.8 Å². The largest absolute Gasteiger partial charge is 0.490 e. The standard InChI is InChI=1S/C20H19ClFN3O2S/c21-15-9-13(3-4-16(15)22)25-20-14-10-18-19(11-17(14)23-12-24-20)27-6-2-8-28-7-1-5-26-18/h3-4,9-12H,1-2,5-8H2,(H,23,24,25). The van der Waals surface area contributed by atoms with Crippen LogP contribution in [0.4, 0.5) is 15.9 Å². The van der Waals surface area contributed by atoms with Gasteiger partial charge in [0.1, 0.15) is 18.0 Å². The molecule has 0 saturated heterocycles. The van der Waals surface area contributed by atoms with Gasteiger partial charge in [-0.3, -0.25) is 0 Å². The number of thioether (sulfide) groups is 1. The van der Waals surface area contributed by atoms with Crippen molar-refractivity contribution in [3.05, 3.63) is 47.5 Å². The van der Waals surface area contributed by atoms with Gasteiger partial charge in [0.2, 0.25) is 0 Å². The zero-order valence-electron chi connectivity index (χ0n) is 15.1.